The van der Waals surface area contributed by atoms with Crippen LogP contribution in [-0.4, -0.2) is 90.5 Å². The van der Waals surface area contributed by atoms with Gasteiger partial charge in [0, 0.05) is 66.8 Å². The number of aliphatic hydroxyl groups excluding tert-OH is 1. The lowest BCUT2D eigenvalue weighted by atomic mass is 9.95. The highest BCUT2D eigenvalue weighted by atomic mass is 35.5. The van der Waals surface area contributed by atoms with E-state index >= 15 is 0 Å². The number of aromatic nitrogens is 1. The third-order valence-corrected chi connectivity index (χ3v) is 9.75. The number of pyridine rings is 1. The lowest BCUT2D eigenvalue weighted by Crippen LogP contribution is -2.51. The molecule has 46 heavy (non-hydrogen) atoms. The minimum Gasteiger partial charge on any atom is -0.481 e. The van der Waals surface area contributed by atoms with Gasteiger partial charge in [-0.2, -0.15) is 0 Å². The quantitative estimate of drug-likeness (QED) is 0.315. The van der Waals surface area contributed by atoms with Gasteiger partial charge in [-0.15, -0.1) is 0 Å². The molecule has 0 bridgehead atoms. The number of amides is 1. The van der Waals surface area contributed by atoms with Crippen molar-refractivity contribution in [1.82, 2.24) is 19.7 Å². The van der Waals surface area contributed by atoms with Crippen LogP contribution in [0, 0.1) is 5.92 Å². The van der Waals surface area contributed by atoms with Gasteiger partial charge in [-0.25, -0.2) is 4.98 Å². The molecule has 2 aliphatic heterocycles. The predicted molar refractivity (Wildman–Crippen MR) is 178 cm³/mol. The second-order valence-electron chi connectivity index (χ2n) is 11.9. The van der Waals surface area contributed by atoms with E-state index < -0.39 is 6.35 Å². The van der Waals surface area contributed by atoms with E-state index in [0.29, 0.717) is 63.7 Å². The van der Waals surface area contributed by atoms with Crippen LogP contribution in [0.15, 0.2) is 54.2 Å². The maximum Gasteiger partial charge on any atom is 0.311 e. The number of anilines is 1. The summed E-state index contributed by atoms with van der Waals surface area (Å²) in [6, 6.07) is 13.3. The van der Waals surface area contributed by atoms with Crippen LogP contribution in [0.2, 0.25) is 10.0 Å². The van der Waals surface area contributed by atoms with Gasteiger partial charge in [0.25, 0.3) is 5.91 Å². The standard InChI is InChI=1S/C34H37Cl2N5O5/c1-5-46-33(43)21-17-41(18-21)27-13-12-19-14-26(38-32(45-4)28(19)27)24-10-6-8-22(29(24)35)23-9-7-11-25(30(23)36)37-31(42)20-15-39(2)34(44)40(3)16-20/h6-11,14-15,21,27,34,44H,5,12-13,16-18H2,1-4H3,(H,37,42). The fraction of sp³-hybridized carbons (Fsp3) is 0.382. The minimum atomic E-state index is -0.800. The number of esters is 1. The van der Waals surface area contributed by atoms with Crippen molar-refractivity contribution in [2.75, 3.05) is 52.8 Å². The fourth-order valence-corrected chi connectivity index (χ4v) is 7.14. The Morgan fingerprint density at radius 1 is 1.07 bits per heavy atom. The second-order valence-corrected chi connectivity index (χ2v) is 12.7. The van der Waals surface area contributed by atoms with Crippen LogP contribution in [0.1, 0.15) is 30.5 Å². The molecule has 0 spiro atoms. The number of likely N-dealkylation sites (tertiary alicyclic amines) is 1. The molecule has 2 N–H and O–H groups in total. The Balaban J connectivity index is 1.26. The van der Waals surface area contributed by atoms with Crippen LogP contribution >= 0.6 is 23.2 Å². The summed E-state index contributed by atoms with van der Waals surface area (Å²) in [5.41, 5.74) is 5.93. The maximum absolute atomic E-state index is 13.1. The van der Waals surface area contributed by atoms with E-state index in [1.807, 2.05) is 37.3 Å². The molecular formula is C34H37Cl2N5O5. The number of carbonyl (C=O) groups excluding carboxylic acids is 2. The first-order chi connectivity index (χ1) is 22.1. The van der Waals surface area contributed by atoms with Crippen LogP contribution < -0.4 is 10.1 Å². The summed E-state index contributed by atoms with van der Waals surface area (Å²) in [6.45, 7) is 3.83. The van der Waals surface area contributed by atoms with Crippen LogP contribution in [0.4, 0.5) is 5.69 Å². The van der Waals surface area contributed by atoms with Crippen LogP contribution in [0.3, 0.4) is 0 Å². The van der Waals surface area contributed by atoms with Crippen molar-refractivity contribution >= 4 is 40.8 Å². The van der Waals surface area contributed by atoms with E-state index in [0.717, 1.165) is 29.5 Å². The molecule has 10 nitrogen and oxygen atoms in total. The number of methoxy groups -OCH3 is 1. The zero-order chi connectivity index (χ0) is 32.7. The van der Waals surface area contributed by atoms with E-state index in [2.05, 4.69) is 16.3 Å². The van der Waals surface area contributed by atoms with Gasteiger partial charge in [0.05, 0.1) is 41.1 Å². The second kappa shape index (κ2) is 13.2. The molecule has 1 saturated heterocycles. The van der Waals surface area contributed by atoms with Gasteiger partial charge in [0.1, 0.15) is 0 Å². The number of nitrogens with one attached hydrogen (secondary N) is 1. The number of benzene rings is 2. The Kier molecular flexibility index (Phi) is 9.27. The van der Waals surface area contributed by atoms with Gasteiger partial charge in [-0.1, -0.05) is 53.5 Å². The number of ether oxygens (including phenoxy) is 2. The third-order valence-electron chi connectivity index (χ3n) is 8.93. The molecule has 12 heteroatoms. The van der Waals surface area contributed by atoms with E-state index in [1.54, 1.807) is 43.3 Å². The Morgan fingerprint density at radius 2 is 1.76 bits per heavy atom. The first kappa shape index (κ1) is 32.3. The highest BCUT2D eigenvalue weighted by Crippen LogP contribution is 2.46. The Bertz CT molecular complexity index is 1710. The Hall–Kier alpha value is -3.67. The van der Waals surface area contributed by atoms with Gasteiger partial charge in [-0.3, -0.25) is 19.4 Å². The molecule has 2 unspecified atom stereocenters. The number of rotatable bonds is 8. The van der Waals surface area contributed by atoms with Crippen molar-refractivity contribution in [3.05, 3.63) is 75.4 Å². The van der Waals surface area contributed by atoms with Gasteiger partial charge >= 0.3 is 5.97 Å². The third kappa shape index (κ3) is 5.96. The lowest BCUT2D eigenvalue weighted by molar-refractivity contribution is -0.155. The van der Waals surface area contributed by atoms with E-state index in [1.165, 1.54) is 0 Å². The number of nitrogens with zero attached hydrogens (tertiary/aromatic N) is 4. The van der Waals surface area contributed by atoms with E-state index in [-0.39, 0.29) is 30.4 Å². The average Bonchev–Trinajstić information content (AvgIpc) is 3.43. The molecule has 1 amide bonds. The topological polar surface area (TPSA) is 107 Å². The molecule has 1 aromatic heterocycles. The minimum absolute atomic E-state index is 0.0933. The molecule has 2 aromatic carbocycles. The van der Waals surface area contributed by atoms with Crippen molar-refractivity contribution in [3.63, 3.8) is 0 Å². The fourth-order valence-electron chi connectivity index (χ4n) is 6.54. The molecule has 3 aromatic rings. The number of likely N-dealkylation sites (N-methyl/N-ethyl adjacent to an activating group) is 1. The number of halogens is 2. The summed E-state index contributed by atoms with van der Waals surface area (Å²) in [5, 5.41) is 13.9. The van der Waals surface area contributed by atoms with Crippen LogP contribution in [0.5, 0.6) is 5.88 Å². The number of aliphatic hydroxyl groups is 1. The molecule has 1 aliphatic carbocycles. The largest absolute Gasteiger partial charge is 0.481 e. The van der Waals surface area contributed by atoms with Crippen molar-refractivity contribution in [2.24, 2.45) is 5.92 Å². The molecule has 3 aliphatic rings. The highest BCUT2D eigenvalue weighted by molar-refractivity contribution is 6.39. The molecule has 0 saturated carbocycles. The van der Waals surface area contributed by atoms with Crippen molar-refractivity contribution in [1.29, 1.82) is 0 Å². The highest BCUT2D eigenvalue weighted by Gasteiger charge is 2.42. The number of hydrogen-bond acceptors (Lipinski definition) is 9. The molecule has 2 atom stereocenters. The summed E-state index contributed by atoms with van der Waals surface area (Å²) in [4.78, 5) is 35.7. The first-order valence-corrected chi connectivity index (χ1v) is 16.0. The van der Waals surface area contributed by atoms with E-state index in [9.17, 15) is 14.7 Å². The maximum atomic E-state index is 13.1. The normalized spacial score (nSPS) is 20.2. The monoisotopic (exact) mass is 665 g/mol. The summed E-state index contributed by atoms with van der Waals surface area (Å²) in [5.74, 6) is 0.0127. The molecule has 6 rings (SSSR count). The SMILES string of the molecule is CCOC(=O)C1CN(C2CCc3cc(-c4cccc(-c5cccc(NC(=O)C6=CN(C)C(O)N(C)C6)c5Cl)c4Cl)nc(OC)c32)C1. The number of fused-ring (bicyclic) bond motifs is 1. The molecular weight excluding hydrogens is 629 g/mol. The van der Waals surface area contributed by atoms with Gasteiger partial charge in [0.15, 0.2) is 6.35 Å². The van der Waals surface area contributed by atoms with Crippen LogP contribution in [-0.2, 0) is 20.7 Å². The van der Waals surface area contributed by atoms with Crippen molar-refractivity contribution in [3.8, 4) is 28.3 Å². The number of hydrogen-bond donors (Lipinski definition) is 2. The summed E-state index contributed by atoms with van der Waals surface area (Å²) >= 11 is 14.0. The summed E-state index contributed by atoms with van der Waals surface area (Å²) < 4.78 is 11.0. The number of aryl methyl sites for hydroxylation is 1. The van der Waals surface area contributed by atoms with Gasteiger partial charge in [0.2, 0.25) is 5.88 Å². The summed E-state index contributed by atoms with van der Waals surface area (Å²) in [7, 11) is 5.07. The first-order valence-electron chi connectivity index (χ1n) is 15.3. The lowest BCUT2D eigenvalue weighted by Gasteiger charge is -2.42. The summed E-state index contributed by atoms with van der Waals surface area (Å²) in [6.07, 6.45) is 2.60. The van der Waals surface area contributed by atoms with Gasteiger partial charge < -0.3 is 24.8 Å². The Morgan fingerprint density at radius 3 is 2.46 bits per heavy atom. The van der Waals surface area contributed by atoms with Crippen molar-refractivity contribution < 1.29 is 24.2 Å². The van der Waals surface area contributed by atoms with E-state index in [4.69, 9.17) is 37.7 Å². The number of carbonyl (C=O) groups is 2. The molecule has 242 valence electrons. The zero-order valence-electron chi connectivity index (χ0n) is 26.2. The average molecular weight is 667 g/mol. The van der Waals surface area contributed by atoms with Gasteiger partial charge in [-0.05, 0) is 44.5 Å². The molecule has 0 radical (unpaired) electrons. The predicted octanol–water partition coefficient (Wildman–Crippen LogP) is 5.19. The Labute approximate surface area is 278 Å². The van der Waals surface area contributed by atoms with Crippen LogP contribution in [0.25, 0.3) is 22.4 Å². The zero-order valence-corrected chi connectivity index (χ0v) is 27.7. The van der Waals surface area contributed by atoms with Crippen molar-refractivity contribution in [2.45, 2.75) is 32.2 Å². The smallest absolute Gasteiger partial charge is 0.311 e. The molecule has 1 fully saturated rings. The molecule has 3 heterocycles.